The van der Waals surface area contributed by atoms with Crippen molar-refractivity contribution >= 4 is 40.6 Å². The molecule has 3 aliphatic carbocycles. The average Bonchev–Trinajstić information content (AvgIpc) is 3.43. The van der Waals surface area contributed by atoms with Crippen LogP contribution in [0.3, 0.4) is 0 Å². The number of rotatable bonds is 6. The van der Waals surface area contributed by atoms with E-state index in [2.05, 4.69) is 39.8 Å². The van der Waals surface area contributed by atoms with Gasteiger partial charge in [0.15, 0.2) is 11.5 Å². The molecule has 0 radical (unpaired) electrons. The third-order valence-electron chi connectivity index (χ3n) is 7.63. The minimum atomic E-state index is -0.240. The number of allylic oxidation sites excluding steroid dienone is 2. The molecule has 168 valence electrons. The maximum atomic E-state index is 13.1. The van der Waals surface area contributed by atoms with Crippen LogP contribution in [-0.2, 0) is 16.2 Å². The number of fused-ring (bicyclic) bond motifs is 3. The Bertz CT molecular complexity index is 1170. The second kappa shape index (κ2) is 7.68. The number of imide groups is 1. The van der Waals surface area contributed by atoms with Crippen molar-refractivity contribution in [1.82, 2.24) is 5.01 Å². The fourth-order valence-electron chi connectivity index (χ4n) is 5.99. The number of nitrogens with zero attached hydrogens (tertiary/aromatic N) is 2. The Labute approximate surface area is 205 Å². The number of halogens is 1. The van der Waals surface area contributed by atoms with E-state index in [4.69, 9.17) is 9.47 Å². The van der Waals surface area contributed by atoms with Crippen LogP contribution in [0.4, 0.5) is 0 Å². The van der Waals surface area contributed by atoms with E-state index in [1.807, 2.05) is 42.5 Å². The van der Waals surface area contributed by atoms with Gasteiger partial charge < -0.3 is 9.47 Å². The van der Waals surface area contributed by atoms with E-state index >= 15 is 0 Å². The van der Waals surface area contributed by atoms with Crippen molar-refractivity contribution in [3.8, 4) is 11.5 Å². The molecule has 2 saturated carbocycles. The normalized spacial score (nSPS) is 28.2. The van der Waals surface area contributed by atoms with E-state index in [0.29, 0.717) is 18.1 Å². The van der Waals surface area contributed by atoms with Crippen molar-refractivity contribution in [2.24, 2.45) is 34.2 Å². The van der Waals surface area contributed by atoms with Crippen LogP contribution in [0.2, 0.25) is 0 Å². The summed E-state index contributed by atoms with van der Waals surface area (Å²) in [5.74, 6) is 0.832. The Hall–Kier alpha value is -2.68. The zero-order valence-corrected chi connectivity index (χ0v) is 20.3. The number of hydrogen-bond donors (Lipinski definition) is 0. The number of ether oxygens (including phenoxy) is 2. The first kappa shape index (κ1) is 20.9. The summed E-state index contributed by atoms with van der Waals surface area (Å²) in [6, 6.07) is 13.6. The lowest BCUT2D eigenvalue weighted by molar-refractivity contribution is -0.141. The Balaban J connectivity index is 1.21. The first-order chi connectivity index (χ1) is 16.0. The van der Waals surface area contributed by atoms with Crippen molar-refractivity contribution in [2.45, 2.75) is 19.4 Å². The molecule has 1 aliphatic heterocycles. The largest absolute Gasteiger partial charge is 0.493 e. The van der Waals surface area contributed by atoms with Crippen LogP contribution in [0.25, 0.3) is 0 Å². The van der Waals surface area contributed by atoms with Gasteiger partial charge in [0.05, 0.1) is 28.7 Å². The van der Waals surface area contributed by atoms with E-state index in [9.17, 15) is 9.59 Å². The molecule has 2 aromatic rings. The van der Waals surface area contributed by atoms with Gasteiger partial charge in [0, 0.05) is 0 Å². The van der Waals surface area contributed by atoms with Crippen LogP contribution in [0, 0.1) is 32.7 Å². The van der Waals surface area contributed by atoms with Crippen LogP contribution in [-0.4, -0.2) is 30.1 Å². The number of carbonyl (C=O) groups excluding carboxylic acids is 2. The summed E-state index contributed by atoms with van der Waals surface area (Å²) in [5.41, 5.74) is 1.99. The monoisotopic (exact) mass is 554 g/mol. The standard InChI is InChI=1S/C26H23IN2O4/c1-32-20-12-16(11-19(27)23(20)33-14-15-5-3-2-4-6-15)13-28-29-24(30)21-17-7-8-18(22(21)25(29)31)26(17)9-10-26/h2-8,11-13,17-18,21-22H,9-10,14H2,1H3/b28-13-/t17-,18-,21+,22+/m1/s1. The molecular weight excluding hydrogens is 531 g/mol. The molecule has 33 heavy (non-hydrogen) atoms. The van der Waals surface area contributed by atoms with Crippen LogP contribution >= 0.6 is 22.6 Å². The van der Waals surface area contributed by atoms with Gasteiger partial charge in [-0.1, -0.05) is 42.5 Å². The van der Waals surface area contributed by atoms with Gasteiger partial charge in [-0.3, -0.25) is 9.59 Å². The van der Waals surface area contributed by atoms with Crippen LogP contribution in [0.5, 0.6) is 11.5 Å². The smallest absolute Gasteiger partial charge is 0.254 e. The number of hydrogen-bond acceptors (Lipinski definition) is 5. The molecule has 3 fully saturated rings. The molecule has 1 spiro atoms. The summed E-state index contributed by atoms with van der Waals surface area (Å²) in [6.07, 6.45) is 8.15. The van der Waals surface area contributed by atoms with Crippen molar-refractivity contribution < 1.29 is 19.1 Å². The molecule has 0 N–H and O–H groups in total. The lowest BCUT2D eigenvalue weighted by Crippen LogP contribution is -2.30. The third-order valence-corrected chi connectivity index (χ3v) is 8.43. The quantitative estimate of drug-likeness (QED) is 0.230. The van der Waals surface area contributed by atoms with Gasteiger partial charge in [-0.15, -0.1) is 0 Å². The molecule has 6 rings (SSSR count). The van der Waals surface area contributed by atoms with Crippen molar-refractivity contribution in [3.63, 3.8) is 0 Å². The van der Waals surface area contributed by atoms with Crippen LogP contribution < -0.4 is 9.47 Å². The van der Waals surface area contributed by atoms with E-state index in [0.717, 1.165) is 32.5 Å². The highest BCUT2D eigenvalue weighted by atomic mass is 127. The summed E-state index contributed by atoms with van der Waals surface area (Å²) >= 11 is 2.20. The zero-order valence-electron chi connectivity index (χ0n) is 18.1. The van der Waals surface area contributed by atoms with Crippen molar-refractivity contribution in [2.75, 3.05) is 7.11 Å². The first-order valence-electron chi connectivity index (χ1n) is 11.2. The maximum Gasteiger partial charge on any atom is 0.254 e. The van der Waals surface area contributed by atoms with E-state index in [1.165, 1.54) is 0 Å². The number of benzene rings is 2. The zero-order chi connectivity index (χ0) is 22.7. The van der Waals surface area contributed by atoms with Crippen LogP contribution in [0.1, 0.15) is 24.0 Å². The lowest BCUT2D eigenvalue weighted by atomic mass is 9.85. The fourth-order valence-corrected chi connectivity index (χ4v) is 6.77. The van der Waals surface area contributed by atoms with E-state index in [-0.39, 0.29) is 40.9 Å². The summed E-state index contributed by atoms with van der Waals surface area (Å²) in [4.78, 5) is 26.2. The predicted octanol–water partition coefficient (Wildman–Crippen LogP) is 4.41. The molecule has 2 bridgehead atoms. The van der Waals surface area contributed by atoms with Gasteiger partial charge in [-0.05, 0) is 75.9 Å². The topological polar surface area (TPSA) is 68.2 Å². The summed E-state index contributed by atoms with van der Waals surface area (Å²) < 4.78 is 12.4. The molecule has 2 aromatic carbocycles. The predicted molar refractivity (Wildman–Crippen MR) is 131 cm³/mol. The van der Waals surface area contributed by atoms with Crippen LogP contribution in [0.15, 0.2) is 59.7 Å². The van der Waals surface area contributed by atoms with Gasteiger partial charge in [-0.2, -0.15) is 10.1 Å². The molecular formula is C26H23IN2O4. The Kier molecular flexibility index (Phi) is 4.87. The lowest BCUT2D eigenvalue weighted by Gasteiger charge is -2.18. The molecule has 1 saturated heterocycles. The van der Waals surface area contributed by atoms with Crippen molar-refractivity contribution in [3.05, 3.63) is 69.3 Å². The van der Waals surface area contributed by atoms with Crippen molar-refractivity contribution in [1.29, 1.82) is 0 Å². The van der Waals surface area contributed by atoms with Gasteiger partial charge >= 0.3 is 0 Å². The average molecular weight is 554 g/mol. The van der Waals surface area contributed by atoms with Gasteiger partial charge in [-0.25, -0.2) is 0 Å². The van der Waals surface area contributed by atoms with Gasteiger partial charge in [0.2, 0.25) is 0 Å². The highest BCUT2D eigenvalue weighted by Crippen LogP contribution is 2.73. The van der Waals surface area contributed by atoms with E-state index in [1.54, 1.807) is 13.3 Å². The fraction of sp³-hybridized carbons (Fsp3) is 0.346. The molecule has 0 unspecified atom stereocenters. The molecule has 4 atom stereocenters. The number of amides is 2. The summed E-state index contributed by atoms with van der Waals surface area (Å²) in [6.45, 7) is 0.429. The second-order valence-corrected chi connectivity index (χ2v) is 10.4. The number of carbonyl (C=O) groups is 2. The Morgan fingerprint density at radius 1 is 1.09 bits per heavy atom. The number of methoxy groups -OCH3 is 1. The Morgan fingerprint density at radius 3 is 2.36 bits per heavy atom. The minimum Gasteiger partial charge on any atom is -0.493 e. The molecule has 1 heterocycles. The summed E-state index contributed by atoms with van der Waals surface area (Å²) in [7, 11) is 1.59. The molecule has 6 nitrogen and oxygen atoms in total. The molecule has 2 amide bonds. The maximum absolute atomic E-state index is 13.1. The Morgan fingerprint density at radius 2 is 1.76 bits per heavy atom. The third kappa shape index (κ3) is 3.15. The van der Waals surface area contributed by atoms with E-state index < -0.39 is 0 Å². The molecule has 0 aromatic heterocycles. The minimum absolute atomic E-state index is 0.158. The molecule has 4 aliphatic rings. The highest BCUT2D eigenvalue weighted by molar-refractivity contribution is 14.1. The SMILES string of the molecule is COc1cc(/C=N\N2C(=O)[C@@H]3[C@@H](C2=O)[C@H]2C=C[C@H]3C23CC3)cc(I)c1OCc1ccccc1. The number of hydrazone groups is 1. The second-order valence-electron chi connectivity index (χ2n) is 9.26. The molecule has 7 heteroatoms. The van der Waals surface area contributed by atoms with Gasteiger partial charge in [0.25, 0.3) is 11.8 Å². The highest BCUT2D eigenvalue weighted by Gasteiger charge is 2.73. The first-order valence-corrected chi connectivity index (χ1v) is 12.3. The van der Waals surface area contributed by atoms with Gasteiger partial charge in [0.1, 0.15) is 6.61 Å². The summed E-state index contributed by atoms with van der Waals surface area (Å²) in [5, 5.41) is 5.42.